The lowest BCUT2D eigenvalue weighted by Gasteiger charge is -2.29. The molecule has 15 heteroatoms. The highest BCUT2D eigenvalue weighted by molar-refractivity contribution is 7.80. The fourth-order valence-electron chi connectivity index (χ4n) is 5.11. The van der Waals surface area contributed by atoms with Gasteiger partial charge in [-0.2, -0.15) is 12.6 Å². The van der Waals surface area contributed by atoms with Crippen LogP contribution in [-0.4, -0.2) is 88.1 Å². The topological polar surface area (TPSA) is 225 Å². The lowest BCUT2D eigenvalue weighted by atomic mass is 9.95. The van der Waals surface area contributed by atoms with E-state index in [0.717, 1.165) is 16.5 Å². The molecule has 7 atom stereocenters. The van der Waals surface area contributed by atoms with Gasteiger partial charge in [0.15, 0.2) is 0 Å². The molecule has 1 heterocycles. The Morgan fingerprint density at radius 2 is 1.39 bits per heavy atom. The number of aliphatic carboxylic acids is 1. The molecule has 2 rings (SSSR count). The molecule has 0 aliphatic rings. The largest absolute Gasteiger partial charge is 0.481 e. The van der Waals surface area contributed by atoms with Crippen LogP contribution in [-0.2, 0) is 35.2 Å². The van der Waals surface area contributed by atoms with Crippen LogP contribution in [0.25, 0.3) is 10.9 Å². The zero-order valence-electron chi connectivity index (χ0n) is 29.2. The summed E-state index contributed by atoms with van der Waals surface area (Å²) in [4.78, 5) is 80.9. The Hall–Kier alpha value is -4.11. The molecular weight excluding hydrogens is 650 g/mol. The summed E-state index contributed by atoms with van der Waals surface area (Å²) in [5, 5.41) is 23.1. The highest BCUT2D eigenvalue weighted by atomic mass is 32.1. The van der Waals surface area contributed by atoms with Crippen molar-refractivity contribution in [2.75, 3.05) is 12.3 Å². The van der Waals surface area contributed by atoms with E-state index in [1.165, 1.54) is 0 Å². The van der Waals surface area contributed by atoms with Crippen LogP contribution in [0.15, 0.2) is 30.5 Å². The molecule has 0 unspecified atom stereocenters. The Kier molecular flexibility index (Phi) is 16.6. The van der Waals surface area contributed by atoms with Gasteiger partial charge in [0.1, 0.15) is 24.2 Å². The van der Waals surface area contributed by atoms with Crippen molar-refractivity contribution in [3.05, 3.63) is 36.0 Å². The van der Waals surface area contributed by atoms with Gasteiger partial charge in [0.05, 0.1) is 12.5 Å². The zero-order valence-corrected chi connectivity index (χ0v) is 30.1. The first-order valence-electron chi connectivity index (χ1n) is 16.8. The van der Waals surface area contributed by atoms with Crippen molar-refractivity contribution >= 4 is 59.0 Å². The second kappa shape index (κ2) is 19.8. The van der Waals surface area contributed by atoms with E-state index in [1.807, 2.05) is 52.0 Å². The monoisotopic (exact) mass is 703 g/mol. The lowest BCUT2D eigenvalue weighted by molar-refractivity contribution is -0.137. The van der Waals surface area contributed by atoms with Gasteiger partial charge in [-0.25, -0.2) is 0 Å². The number of amides is 5. The molecule has 0 saturated heterocycles. The number of nitrogens with two attached hydrogens (primary N) is 1. The molecule has 1 aromatic heterocycles. The number of fused-ring (bicyclic) bond motifs is 1. The smallest absolute Gasteiger partial charge is 0.305 e. The first kappa shape index (κ1) is 41.1. The highest BCUT2D eigenvalue weighted by Gasteiger charge is 2.34. The van der Waals surface area contributed by atoms with Crippen LogP contribution in [0.1, 0.15) is 66.4 Å². The molecule has 0 aliphatic carbocycles. The maximum absolute atomic E-state index is 13.9. The standard InChI is InChI=1S/C34H53N7O7S/c1-7-19(5)27(35)32(46)41-29(20(6)8-2)34(48)38-24(15-21-16-37-23-12-10-9-11-22(21)23)30(44)39-25(17-49)31(45)40-28(18(3)4)33(47)36-14-13-26(42)43/h9-12,16,18-20,24-25,27-29,37,49H,7-8,13-15,17,35H2,1-6H3,(H,36,47)(H,38,48)(H,39,44)(H,40,45)(H,41,46)(H,42,43)/t19-,20-,24-,25-,27-,28-,29-/m0/s1. The number of hydrogen-bond acceptors (Lipinski definition) is 8. The molecule has 0 saturated carbocycles. The van der Waals surface area contributed by atoms with Crippen LogP contribution < -0.4 is 32.3 Å². The van der Waals surface area contributed by atoms with Crippen molar-refractivity contribution in [2.45, 2.75) is 97.4 Å². The molecule has 2 aromatic rings. The Bertz CT molecular complexity index is 1450. The number of carboxylic acids is 1. The zero-order chi connectivity index (χ0) is 36.8. The van der Waals surface area contributed by atoms with Crippen molar-refractivity contribution in [3.8, 4) is 0 Å². The third-order valence-corrected chi connectivity index (χ3v) is 9.15. The highest BCUT2D eigenvalue weighted by Crippen LogP contribution is 2.20. The van der Waals surface area contributed by atoms with Crippen LogP contribution in [0.3, 0.4) is 0 Å². The van der Waals surface area contributed by atoms with E-state index in [0.29, 0.717) is 12.8 Å². The first-order chi connectivity index (χ1) is 23.1. The van der Waals surface area contributed by atoms with Gasteiger partial charge in [0.2, 0.25) is 29.5 Å². The maximum Gasteiger partial charge on any atom is 0.305 e. The molecule has 5 amide bonds. The molecule has 9 N–H and O–H groups in total. The minimum absolute atomic E-state index is 0.0522. The maximum atomic E-state index is 13.9. The number of benzene rings is 1. The summed E-state index contributed by atoms with van der Waals surface area (Å²) in [6.45, 7) is 10.8. The molecule has 0 aliphatic heterocycles. The van der Waals surface area contributed by atoms with E-state index < -0.39 is 65.7 Å². The van der Waals surface area contributed by atoms with Crippen LogP contribution in [0.5, 0.6) is 0 Å². The number of carbonyl (C=O) groups is 6. The summed E-state index contributed by atoms with van der Waals surface area (Å²) in [5.41, 5.74) is 7.73. The van der Waals surface area contributed by atoms with E-state index in [-0.39, 0.29) is 42.9 Å². The Balaban J connectivity index is 2.34. The molecule has 272 valence electrons. The minimum atomic E-state index is -1.19. The molecule has 0 bridgehead atoms. The number of thiol groups is 1. The molecule has 14 nitrogen and oxygen atoms in total. The van der Waals surface area contributed by atoms with Crippen LogP contribution in [0, 0.1) is 17.8 Å². The number of carbonyl (C=O) groups excluding carboxylic acids is 5. The Morgan fingerprint density at radius 3 is 1.98 bits per heavy atom. The van der Waals surface area contributed by atoms with E-state index in [4.69, 9.17) is 10.8 Å². The van der Waals surface area contributed by atoms with Gasteiger partial charge >= 0.3 is 5.97 Å². The van der Waals surface area contributed by atoms with E-state index in [1.54, 1.807) is 20.0 Å². The van der Waals surface area contributed by atoms with Gasteiger partial charge in [-0.05, 0) is 29.4 Å². The number of H-pyrrole nitrogens is 1. The lowest BCUT2D eigenvalue weighted by Crippen LogP contribution is -2.61. The van der Waals surface area contributed by atoms with E-state index in [2.05, 4.69) is 44.2 Å². The van der Waals surface area contributed by atoms with Gasteiger partial charge in [0.25, 0.3) is 0 Å². The van der Waals surface area contributed by atoms with Crippen LogP contribution >= 0.6 is 12.6 Å². The second-order valence-electron chi connectivity index (χ2n) is 12.8. The van der Waals surface area contributed by atoms with Crippen molar-refractivity contribution in [2.24, 2.45) is 23.5 Å². The number of rotatable bonds is 20. The van der Waals surface area contributed by atoms with E-state index in [9.17, 15) is 28.8 Å². The van der Waals surface area contributed by atoms with E-state index >= 15 is 0 Å². The van der Waals surface area contributed by atoms with Crippen molar-refractivity contribution in [3.63, 3.8) is 0 Å². The molecule has 49 heavy (non-hydrogen) atoms. The minimum Gasteiger partial charge on any atom is -0.481 e. The number of para-hydroxylation sites is 1. The van der Waals surface area contributed by atoms with Gasteiger partial charge in [-0.15, -0.1) is 0 Å². The summed E-state index contributed by atoms with van der Waals surface area (Å²) in [6, 6.07) is 2.30. The fourth-order valence-corrected chi connectivity index (χ4v) is 5.37. The first-order valence-corrected chi connectivity index (χ1v) is 17.4. The number of nitrogens with one attached hydrogen (secondary N) is 6. The average molecular weight is 704 g/mol. The third kappa shape index (κ3) is 12.1. The quantitative estimate of drug-likeness (QED) is 0.0911. The molecule has 0 radical (unpaired) electrons. The van der Waals surface area contributed by atoms with Gasteiger partial charge in [-0.3, -0.25) is 28.8 Å². The second-order valence-corrected chi connectivity index (χ2v) is 13.2. The number of aromatic amines is 1. The van der Waals surface area contributed by atoms with Crippen molar-refractivity contribution < 1.29 is 33.9 Å². The average Bonchev–Trinajstić information content (AvgIpc) is 3.48. The predicted octanol–water partition coefficient (Wildman–Crippen LogP) is 1.25. The normalized spacial score (nSPS) is 15.6. The Labute approximate surface area is 293 Å². The third-order valence-electron chi connectivity index (χ3n) is 8.79. The number of carboxylic acid groups (broad SMARTS) is 1. The SMILES string of the molecule is CC[C@H](C)[C@H](N)C(=O)N[C@H](C(=O)N[C@@H](Cc1c[nH]c2ccccc12)C(=O)N[C@@H](CS)C(=O)N[C@H](C(=O)NCCC(=O)O)C(C)C)[C@@H](C)CC. The predicted molar refractivity (Wildman–Crippen MR) is 191 cm³/mol. The summed E-state index contributed by atoms with van der Waals surface area (Å²) >= 11 is 4.27. The summed E-state index contributed by atoms with van der Waals surface area (Å²) in [6.07, 6.45) is 2.75. The van der Waals surface area contributed by atoms with Gasteiger partial charge < -0.3 is 42.4 Å². The van der Waals surface area contributed by atoms with Crippen molar-refractivity contribution in [1.29, 1.82) is 0 Å². The fraction of sp³-hybridized carbons (Fsp3) is 0.588. The molecule has 0 spiro atoms. The molecule has 1 aromatic carbocycles. The Morgan fingerprint density at radius 1 is 0.796 bits per heavy atom. The van der Waals surface area contributed by atoms with Gasteiger partial charge in [0, 0.05) is 35.8 Å². The van der Waals surface area contributed by atoms with Gasteiger partial charge in [-0.1, -0.05) is 72.6 Å². The van der Waals surface area contributed by atoms with Crippen LogP contribution in [0.4, 0.5) is 0 Å². The number of hydrogen-bond donors (Lipinski definition) is 9. The van der Waals surface area contributed by atoms with Crippen molar-refractivity contribution in [1.82, 2.24) is 31.6 Å². The molecular formula is C34H53N7O7S. The summed E-state index contributed by atoms with van der Waals surface area (Å²) in [7, 11) is 0. The summed E-state index contributed by atoms with van der Waals surface area (Å²) < 4.78 is 0. The molecule has 0 fully saturated rings. The van der Waals surface area contributed by atoms with Crippen LogP contribution in [0.2, 0.25) is 0 Å². The number of aromatic nitrogens is 1. The summed E-state index contributed by atoms with van der Waals surface area (Å²) in [5.74, 6) is -4.95.